The normalized spacial score (nSPS) is 37.7. The van der Waals surface area contributed by atoms with Gasteiger partial charge in [0.25, 0.3) is 0 Å². The molecule has 0 bridgehead atoms. The van der Waals surface area contributed by atoms with Gasteiger partial charge in [-0.1, -0.05) is 6.92 Å². The van der Waals surface area contributed by atoms with Gasteiger partial charge in [0, 0.05) is 24.9 Å². The van der Waals surface area contributed by atoms with Crippen LogP contribution in [0.2, 0.25) is 0 Å². The number of quaternary nitrogens is 2. The summed E-state index contributed by atoms with van der Waals surface area (Å²) >= 11 is 0. The van der Waals surface area contributed by atoms with Crippen LogP contribution in [-0.4, -0.2) is 49.4 Å². The number of ketones is 1. The van der Waals surface area contributed by atoms with Crippen LogP contribution in [0.4, 0.5) is 0 Å². The molecule has 2 rings (SSSR count). The Kier molecular flexibility index (Phi) is 6.77. The van der Waals surface area contributed by atoms with Crippen LogP contribution in [0, 0.1) is 17.0 Å². The van der Waals surface area contributed by atoms with Gasteiger partial charge in [-0.3, -0.25) is 4.79 Å². The topological polar surface area (TPSA) is 78.5 Å². The number of Topliss-reactive ketones (excluding diaryl/α,β-unsaturated/α-hetero) is 1. The SMILES string of the molecule is CCOC1CCC(C(=O)C[NH+]2CCCC(C)C2)CC1[NH+]([O-])O. The maximum atomic E-state index is 12.6. The number of hydrogen-bond acceptors (Lipinski definition) is 4. The van der Waals surface area contributed by atoms with Crippen molar-refractivity contribution in [3.05, 3.63) is 5.21 Å². The lowest BCUT2D eigenvalue weighted by molar-refractivity contribution is -1.07. The fourth-order valence-electron chi connectivity index (χ4n) is 4.06. The molecule has 0 spiro atoms. The highest BCUT2D eigenvalue weighted by Gasteiger charge is 2.39. The smallest absolute Gasteiger partial charge is 0.190 e. The maximum absolute atomic E-state index is 12.6. The zero-order valence-corrected chi connectivity index (χ0v) is 13.8. The van der Waals surface area contributed by atoms with Gasteiger partial charge in [-0.05, 0) is 32.6 Å². The third-order valence-electron chi connectivity index (χ3n) is 5.23. The third kappa shape index (κ3) is 4.73. The van der Waals surface area contributed by atoms with E-state index in [2.05, 4.69) is 6.92 Å². The Bertz CT molecular complexity index is 364. The molecule has 0 aromatic carbocycles. The molecule has 0 amide bonds. The lowest BCUT2D eigenvalue weighted by Crippen LogP contribution is -3.14. The highest BCUT2D eigenvalue weighted by atomic mass is 16.8. The predicted octanol–water partition coefficient (Wildman–Crippen LogP) is -0.784. The number of carbonyl (C=O) groups excluding carboxylic acids is 1. The first-order valence-corrected chi connectivity index (χ1v) is 8.72. The molecule has 1 saturated carbocycles. The summed E-state index contributed by atoms with van der Waals surface area (Å²) in [6, 6.07) is -0.530. The van der Waals surface area contributed by atoms with Crippen LogP contribution in [0.1, 0.15) is 46.0 Å². The Morgan fingerprint density at radius 3 is 2.82 bits per heavy atom. The summed E-state index contributed by atoms with van der Waals surface area (Å²) in [5.41, 5.74) is 0. The molecule has 0 radical (unpaired) electrons. The van der Waals surface area contributed by atoms with E-state index in [1.54, 1.807) is 0 Å². The molecule has 6 heteroatoms. The van der Waals surface area contributed by atoms with Crippen LogP contribution in [0.15, 0.2) is 0 Å². The third-order valence-corrected chi connectivity index (χ3v) is 5.23. The van der Waals surface area contributed by atoms with Crippen LogP contribution >= 0.6 is 0 Å². The summed E-state index contributed by atoms with van der Waals surface area (Å²) in [6.45, 7) is 7.38. The highest BCUT2D eigenvalue weighted by Crippen LogP contribution is 2.26. The van der Waals surface area contributed by atoms with Crippen LogP contribution in [-0.2, 0) is 9.53 Å². The molecule has 6 atom stereocenters. The summed E-state index contributed by atoms with van der Waals surface area (Å²) in [5.74, 6) is 0.852. The van der Waals surface area contributed by atoms with Crippen molar-refractivity contribution in [1.82, 2.24) is 0 Å². The van der Waals surface area contributed by atoms with E-state index in [9.17, 15) is 15.2 Å². The summed E-state index contributed by atoms with van der Waals surface area (Å²) in [6.07, 6.45) is 4.13. The molecule has 0 aromatic rings. The van der Waals surface area contributed by atoms with Gasteiger partial charge in [-0.25, -0.2) is 10.4 Å². The Balaban J connectivity index is 1.87. The van der Waals surface area contributed by atoms with Crippen LogP contribution in [0.25, 0.3) is 0 Å². The molecule has 1 saturated heterocycles. The molecule has 22 heavy (non-hydrogen) atoms. The van der Waals surface area contributed by atoms with Gasteiger partial charge < -0.3 is 14.8 Å². The number of ether oxygens (including phenoxy) is 1. The van der Waals surface area contributed by atoms with Crippen molar-refractivity contribution in [3.8, 4) is 0 Å². The molecule has 0 aromatic heterocycles. The van der Waals surface area contributed by atoms with Gasteiger partial charge in [-0.15, -0.1) is 0 Å². The number of carbonyl (C=O) groups is 1. The summed E-state index contributed by atoms with van der Waals surface area (Å²) in [4.78, 5) is 13.9. The van der Waals surface area contributed by atoms with E-state index >= 15 is 0 Å². The highest BCUT2D eigenvalue weighted by molar-refractivity contribution is 5.82. The second kappa shape index (κ2) is 8.36. The van der Waals surface area contributed by atoms with E-state index in [0.29, 0.717) is 31.9 Å². The molecule has 6 unspecified atom stereocenters. The average molecular weight is 315 g/mol. The summed E-state index contributed by atoms with van der Waals surface area (Å²) in [5, 5.41) is 20.0. The first kappa shape index (κ1) is 17.8. The molecule has 128 valence electrons. The second-order valence-corrected chi connectivity index (χ2v) is 7.04. The number of rotatable bonds is 6. The molecule has 6 nitrogen and oxygen atoms in total. The number of piperidine rings is 1. The zero-order chi connectivity index (χ0) is 16.1. The van der Waals surface area contributed by atoms with Crippen molar-refractivity contribution in [1.29, 1.82) is 0 Å². The van der Waals surface area contributed by atoms with E-state index < -0.39 is 11.3 Å². The van der Waals surface area contributed by atoms with Gasteiger partial charge in [-0.2, -0.15) is 0 Å². The Labute approximate surface area is 132 Å². The van der Waals surface area contributed by atoms with Crippen molar-refractivity contribution in [3.63, 3.8) is 0 Å². The number of likely N-dealkylation sites (tertiary alicyclic amines) is 1. The molecule has 1 aliphatic heterocycles. The van der Waals surface area contributed by atoms with Crippen molar-refractivity contribution < 1.29 is 24.9 Å². The van der Waals surface area contributed by atoms with Crippen LogP contribution in [0.5, 0.6) is 0 Å². The van der Waals surface area contributed by atoms with Crippen molar-refractivity contribution >= 4 is 5.78 Å². The molecule has 2 aliphatic rings. The predicted molar refractivity (Wildman–Crippen MR) is 81.6 cm³/mol. The van der Waals surface area contributed by atoms with Gasteiger partial charge in [0.2, 0.25) is 0 Å². The second-order valence-electron chi connectivity index (χ2n) is 7.04. The molecular formula is C16H31N2O4+. The van der Waals surface area contributed by atoms with Crippen LogP contribution < -0.4 is 10.1 Å². The summed E-state index contributed by atoms with van der Waals surface area (Å²) < 4.78 is 5.55. The standard InChI is InChI=1S/C16H30N2O4/c1-3-22-16-7-6-13(9-14(16)18(20)21)15(19)11-17-8-4-5-12(2)10-17/h12-14,16,18,20H,3-11H2,1-2H3/p+1. The number of hydroxylamine groups is 2. The quantitative estimate of drug-likeness (QED) is 0.562. The largest absolute Gasteiger partial charge is 0.600 e. The monoisotopic (exact) mass is 315 g/mol. The van der Waals surface area contributed by atoms with Gasteiger partial charge in [0.15, 0.2) is 5.78 Å². The van der Waals surface area contributed by atoms with Gasteiger partial charge in [0.05, 0.1) is 13.1 Å². The lowest BCUT2D eigenvalue weighted by Gasteiger charge is -2.37. The van der Waals surface area contributed by atoms with E-state index in [4.69, 9.17) is 4.74 Å². The Morgan fingerprint density at radius 2 is 2.18 bits per heavy atom. The van der Waals surface area contributed by atoms with Crippen molar-refractivity contribution in [2.75, 3.05) is 26.2 Å². The fraction of sp³-hybridized carbons (Fsp3) is 0.938. The first-order valence-electron chi connectivity index (χ1n) is 8.72. The van der Waals surface area contributed by atoms with E-state index in [-0.39, 0.29) is 17.8 Å². The van der Waals surface area contributed by atoms with Gasteiger partial charge >= 0.3 is 0 Å². The average Bonchev–Trinajstić information content (AvgIpc) is 2.47. The lowest BCUT2D eigenvalue weighted by atomic mass is 9.81. The number of nitrogens with one attached hydrogen (secondary N) is 2. The molecule has 1 heterocycles. The van der Waals surface area contributed by atoms with E-state index in [0.717, 1.165) is 19.5 Å². The number of hydrogen-bond donors (Lipinski definition) is 3. The molecule has 2 fully saturated rings. The minimum Gasteiger partial charge on any atom is -0.600 e. The maximum Gasteiger partial charge on any atom is 0.190 e. The van der Waals surface area contributed by atoms with Crippen molar-refractivity contribution in [2.45, 2.75) is 58.1 Å². The van der Waals surface area contributed by atoms with Crippen LogP contribution in [0.3, 0.4) is 0 Å². The first-order chi connectivity index (χ1) is 10.5. The molecule has 3 N–H and O–H groups in total. The Morgan fingerprint density at radius 1 is 1.41 bits per heavy atom. The fourth-order valence-corrected chi connectivity index (χ4v) is 4.06. The zero-order valence-electron chi connectivity index (χ0n) is 13.8. The molecule has 1 aliphatic carbocycles. The van der Waals surface area contributed by atoms with Gasteiger partial charge in [0.1, 0.15) is 18.7 Å². The minimum absolute atomic E-state index is 0.0949. The van der Waals surface area contributed by atoms with Crippen molar-refractivity contribution in [2.24, 2.45) is 11.8 Å². The minimum atomic E-state index is -0.824. The Hall–Kier alpha value is -0.530. The molecular weight excluding hydrogens is 284 g/mol. The van der Waals surface area contributed by atoms with E-state index in [1.807, 2.05) is 6.92 Å². The van der Waals surface area contributed by atoms with E-state index in [1.165, 1.54) is 17.7 Å². The summed E-state index contributed by atoms with van der Waals surface area (Å²) in [7, 11) is 0.